The molecule has 4 nitrogen and oxygen atoms in total. The van der Waals surface area contributed by atoms with Gasteiger partial charge in [-0.3, -0.25) is 9.69 Å². The second-order valence-corrected chi connectivity index (χ2v) is 7.47. The number of benzene rings is 1. The number of amides is 1. The van der Waals surface area contributed by atoms with E-state index in [1.807, 2.05) is 18.2 Å². The normalized spacial score (nSPS) is 19.7. The van der Waals surface area contributed by atoms with Gasteiger partial charge in [-0.25, -0.2) is 0 Å². The maximum atomic E-state index is 12.3. The van der Waals surface area contributed by atoms with Crippen molar-refractivity contribution in [3.8, 4) is 0 Å². The first-order chi connectivity index (χ1) is 11.1. The Balaban J connectivity index is 1.75. The second-order valence-electron chi connectivity index (χ2n) is 6.48. The molecule has 0 saturated carbocycles. The molecule has 0 radical (unpaired) electrons. The highest BCUT2D eigenvalue weighted by atomic mass is 32.2. The molecule has 1 fully saturated rings. The number of rotatable bonds is 8. The quantitative estimate of drug-likeness (QED) is 0.790. The Hall–Kier alpha value is -1.04. The minimum Gasteiger partial charge on any atom is -0.344 e. The molecule has 2 rings (SSSR count). The van der Waals surface area contributed by atoms with E-state index in [0.29, 0.717) is 5.92 Å². The summed E-state index contributed by atoms with van der Waals surface area (Å²) in [5, 5.41) is 0. The summed E-state index contributed by atoms with van der Waals surface area (Å²) in [6.45, 7) is 3.99. The standard InChI is InChI=1S/C18H29N3OS/c1-20(18(22)17(19)9-11-23-2)12-16-8-10-21(14-16)13-15-6-4-3-5-7-15/h3-7,16-17H,8-14,19H2,1-2H3/t16?,17-/m0/s1. The minimum atomic E-state index is -0.353. The van der Waals surface area contributed by atoms with Crippen LogP contribution in [0.1, 0.15) is 18.4 Å². The first kappa shape index (κ1) is 18.3. The van der Waals surface area contributed by atoms with E-state index >= 15 is 0 Å². The lowest BCUT2D eigenvalue weighted by Gasteiger charge is -2.24. The second kappa shape index (κ2) is 9.30. The molecular formula is C18H29N3OS. The fourth-order valence-corrected chi connectivity index (χ4v) is 3.67. The van der Waals surface area contributed by atoms with Crippen LogP contribution in [0.3, 0.4) is 0 Å². The molecule has 0 spiro atoms. The summed E-state index contributed by atoms with van der Waals surface area (Å²) in [7, 11) is 1.89. The van der Waals surface area contributed by atoms with Gasteiger partial charge in [-0.15, -0.1) is 0 Å². The molecule has 1 amide bonds. The van der Waals surface area contributed by atoms with E-state index in [9.17, 15) is 4.79 Å². The van der Waals surface area contributed by atoms with Gasteiger partial charge in [0, 0.05) is 26.7 Å². The van der Waals surface area contributed by atoms with Crippen LogP contribution >= 0.6 is 11.8 Å². The fraction of sp³-hybridized carbons (Fsp3) is 0.611. The molecule has 1 unspecified atom stereocenters. The number of likely N-dealkylation sites (N-methyl/N-ethyl adjacent to an activating group) is 1. The summed E-state index contributed by atoms with van der Waals surface area (Å²) in [6.07, 6.45) is 3.96. The molecule has 2 atom stereocenters. The molecule has 5 heteroatoms. The van der Waals surface area contributed by atoms with E-state index in [2.05, 4.69) is 35.2 Å². The summed E-state index contributed by atoms with van der Waals surface area (Å²) in [6, 6.07) is 10.2. The third-order valence-electron chi connectivity index (χ3n) is 4.48. The molecule has 23 heavy (non-hydrogen) atoms. The van der Waals surface area contributed by atoms with Gasteiger partial charge in [0.1, 0.15) is 0 Å². The number of nitrogens with zero attached hydrogens (tertiary/aromatic N) is 2. The van der Waals surface area contributed by atoms with Crippen LogP contribution in [0.25, 0.3) is 0 Å². The molecule has 0 aliphatic carbocycles. The van der Waals surface area contributed by atoms with Gasteiger partial charge in [0.2, 0.25) is 5.91 Å². The molecule has 0 bridgehead atoms. The number of thioether (sulfide) groups is 1. The van der Waals surface area contributed by atoms with Crippen LogP contribution in [-0.4, -0.2) is 60.4 Å². The molecular weight excluding hydrogens is 306 g/mol. The van der Waals surface area contributed by atoms with Gasteiger partial charge in [0.05, 0.1) is 6.04 Å². The summed E-state index contributed by atoms with van der Waals surface area (Å²) in [5.74, 6) is 1.58. The van der Waals surface area contributed by atoms with Crippen LogP contribution in [-0.2, 0) is 11.3 Å². The molecule has 0 aromatic heterocycles. The summed E-state index contributed by atoms with van der Waals surface area (Å²) in [4.78, 5) is 16.6. The topological polar surface area (TPSA) is 49.6 Å². The van der Waals surface area contributed by atoms with Gasteiger partial charge in [-0.1, -0.05) is 30.3 Å². The molecule has 1 aliphatic rings. The Labute approximate surface area is 144 Å². The Morgan fingerprint density at radius 2 is 2.17 bits per heavy atom. The van der Waals surface area contributed by atoms with E-state index in [1.165, 1.54) is 5.56 Å². The van der Waals surface area contributed by atoms with Crippen molar-refractivity contribution < 1.29 is 4.79 Å². The maximum Gasteiger partial charge on any atom is 0.239 e. The number of likely N-dealkylation sites (tertiary alicyclic amines) is 1. The minimum absolute atomic E-state index is 0.0839. The highest BCUT2D eigenvalue weighted by Crippen LogP contribution is 2.19. The average Bonchev–Trinajstić information content (AvgIpc) is 2.99. The van der Waals surface area contributed by atoms with Gasteiger partial charge < -0.3 is 10.6 Å². The zero-order valence-electron chi connectivity index (χ0n) is 14.3. The van der Waals surface area contributed by atoms with Crippen LogP contribution in [0.2, 0.25) is 0 Å². The van der Waals surface area contributed by atoms with E-state index in [0.717, 1.165) is 44.8 Å². The number of carbonyl (C=O) groups is 1. The monoisotopic (exact) mass is 335 g/mol. The lowest BCUT2D eigenvalue weighted by molar-refractivity contribution is -0.131. The molecule has 1 aromatic rings. The number of hydrogen-bond donors (Lipinski definition) is 1. The van der Waals surface area contributed by atoms with Gasteiger partial charge >= 0.3 is 0 Å². The third-order valence-corrected chi connectivity index (χ3v) is 5.12. The average molecular weight is 336 g/mol. The fourth-order valence-electron chi connectivity index (χ4n) is 3.18. The molecule has 1 aliphatic heterocycles. The molecule has 1 saturated heterocycles. The van der Waals surface area contributed by atoms with Crippen LogP contribution in [0.4, 0.5) is 0 Å². The largest absolute Gasteiger partial charge is 0.344 e. The zero-order valence-corrected chi connectivity index (χ0v) is 15.1. The van der Waals surface area contributed by atoms with E-state index in [1.54, 1.807) is 11.8 Å². The van der Waals surface area contributed by atoms with E-state index < -0.39 is 0 Å². The van der Waals surface area contributed by atoms with Crippen molar-refractivity contribution in [2.75, 3.05) is 38.7 Å². The SMILES string of the molecule is CSCC[C@H](N)C(=O)N(C)CC1CCN(Cc2ccccc2)C1. The smallest absolute Gasteiger partial charge is 0.239 e. The van der Waals surface area contributed by atoms with Crippen molar-refractivity contribution in [1.82, 2.24) is 9.80 Å². The van der Waals surface area contributed by atoms with Crippen LogP contribution in [0, 0.1) is 5.92 Å². The zero-order chi connectivity index (χ0) is 16.7. The van der Waals surface area contributed by atoms with E-state index in [-0.39, 0.29) is 11.9 Å². The van der Waals surface area contributed by atoms with Gasteiger partial charge in [-0.05, 0) is 42.9 Å². The predicted molar refractivity (Wildman–Crippen MR) is 98.4 cm³/mol. The number of nitrogens with two attached hydrogens (primary N) is 1. The van der Waals surface area contributed by atoms with E-state index in [4.69, 9.17) is 5.73 Å². The van der Waals surface area contributed by atoms with Gasteiger partial charge in [0.25, 0.3) is 0 Å². The molecule has 128 valence electrons. The third kappa shape index (κ3) is 5.83. The molecule has 2 N–H and O–H groups in total. The Bertz CT molecular complexity index is 482. The Kier molecular flexibility index (Phi) is 7.40. The van der Waals surface area contributed by atoms with Gasteiger partial charge in [-0.2, -0.15) is 11.8 Å². The highest BCUT2D eigenvalue weighted by molar-refractivity contribution is 7.98. The highest BCUT2D eigenvalue weighted by Gasteiger charge is 2.26. The van der Waals surface area contributed by atoms with Crippen molar-refractivity contribution in [3.63, 3.8) is 0 Å². The molecule has 1 aromatic carbocycles. The van der Waals surface area contributed by atoms with Crippen molar-refractivity contribution in [2.45, 2.75) is 25.4 Å². The summed E-state index contributed by atoms with van der Waals surface area (Å²) in [5.41, 5.74) is 7.35. The van der Waals surface area contributed by atoms with Gasteiger partial charge in [0.15, 0.2) is 0 Å². The van der Waals surface area contributed by atoms with Crippen LogP contribution < -0.4 is 5.73 Å². The van der Waals surface area contributed by atoms with Crippen molar-refractivity contribution in [1.29, 1.82) is 0 Å². The van der Waals surface area contributed by atoms with Crippen molar-refractivity contribution in [3.05, 3.63) is 35.9 Å². The van der Waals surface area contributed by atoms with Crippen molar-refractivity contribution >= 4 is 17.7 Å². The van der Waals surface area contributed by atoms with Crippen molar-refractivity contribution in [2.24, 2.45) is 11.7 Å². The number of carbonyl (C=O) groups excluding carboxylic acids is 1. The first-order valence-electron chi connectivity index (χ1n) is 8.36. The first-order valence-corrected chi connectivity index (χ1v) is 9.75. The predicted octanol–water partition coefficient (Wildman–Crippen LogP) is 2.05. The number of hydrogen-bond acceptors (Lipinski definition) is 4. The lowest BCUT2D eigenvalue weighted by Crippen LogP contribution is -2.44. The lowest BCUT2D eigenvalue weighted by atomic mass is 10.1. The maximum absolute atomic E-state index is 12.3. The van der Waals surface area contributed by atoms with Crippen LogP contribution in [0.5, 0.6) is 0 Å². The summed E-state index contributed by atoms with van der Waals surface area (Å²) >= 11 is 1.74. The Morgan fingerprint density at radius 1 is 1.43 bits per heavy atom. The Morgan fingerprint density at radius 3 is 2.87 bits per heavy atom. The molecule has 1 heterocycles. The summed E-state index contributed by atoms with van der Waals surface area (Å²) < 4.78 is 0. The van der Waals surface area contributed by atoms with Crippen LogP contribution in [0.15, 0.2) is 30.3 Å².